The van der Waals surface area contributed by atoms with Crippen LogP contribution in [-0.2, 0) is 25.7 Å². The molecule has 0 aromatic heterocycles. The maximum atomic E-state index is 13.8. The van der Waals surface area contributed by atoms with Crippen LogP contribution in [0.25, 0.3) is 0 Å². The second-order valence-corrected chi connectivity index (χ2v) is 10.1. The van der Waals surface area contributed by atoms with Crippen molar-refractivity contribution in [2.45, 2.75) is 57.4 Å². The number of nitrogens with one attached hydrogen (secondary N) is 2. The zero-order valence-corrected chi connectivity index (χ0v) is 20.7. The number of ether oxygens (including phenoxy) is 1. The van der Waals surface area contributed by atoms with Gasteiger partial charge in [-0.05, 0) is 49.8 Å². The van der Waals surface area contributed by atoms with E-state index >= 15 is 0 Å². The molecule has 2 unspecified atom stereocenters. The van der Waals surface area contributed by atoms with Crippen LogP contribution in [0, 0.1) is 25.7 Å². The van der Waals surface area contributed by atoms with E-state index in [9.17, 15) is 19.5 Å². The molecule has 2 aromatic rings. The lowest BCUT2D eigenvalue weighted by Crippen LogP contribution is -2.53. The van der Waals surface area contributed by atoms with Gasteiger partial charge in [-0.15, -0.1) is 0 Å². The number of fused-ring (bicyclic) bond motifs is 1. The van der Waals surface area contributed by atoms with Crippen LogP contribution in [0.5, 0.6) is 0 Å². The molecule has 8 nitrogen and oxygen atoms in total. The number of hydrogen-bond donors (Lipinski definition) is 3. The third kappa shape index (κ3) is 3.98. The number of anilines is 1. The molecule has 3 aliphatic heterocycles. The fraction of sp³-hybridized carbons (Fsp3) is 0.464. The summed E-state index contributed by atoms with van der Waals surface area (Å²) in [6.45, 7) is 4.35. The molecule has 5 rings (SSSR count). The van der Waals surface area contributed by atoms with E-state index in [0.717, 1.165) is 22.4 Å². The molecule has 0 aliphatic carbocycles. The molecule has 0 saturated carbocycles. The van der Waals surface area contributed by atoms with Gasteiger partial charge >= 0.3 is 0 Å². The molecule has 8 heteroatoms. The van der Waals surface area contributed by atoms with E-state index in [1.807, 2.05) is 62.4 Å². The molecule has 0 radical (unpaired) electrons. The monoisotopic (exact) mass is 491 g/mol. The average Bonchev–Trinajstić information content (AvgIpc) is 3.51. The van der Waals surface area contributed by atoms with E-state index in [-0.39, 0.29) is 30.9 Å². The number of aliphatic hydroxyl groups excluding tert-OH is 1. The van der Waals surface area contributed by atoms with Gasteiger partial charge in [0.05, 0.1) is 17.9 Å². The summed E-state index contributed by atoms with van der Waals surface area (Å²) in [6.07, 6.45) is 1.10. The molecule has 3 N–H and O–H groups in total. The first-order valence-electron chi connectivity index (χ1n) is 12.7. The van der Waals surface area contributed by atoms with Crippen LogP contribution in [0.4, 0.5) is 5.69 Å². The normalized spacial score (nSPS) is 28.3. The van der Waals surface area contributed by atoms with Crippen molar-refractivity contribution in [2.75, 3.05) is 18.5 Å². The summed E-state index contributed by atoms with van der Waals surface area (Å²) in [7, 11) is 0. The second kappa shape index (κ2) is 9.67. The molecule has 36 heavy (non-hydrogen) atoms. The van der Waals surface area contributed by atoms with Crippen LogP contribution in [0.3, 0.4) is 0 Å². The maximum Gasteiger partial charge on any atom is 0.250 e. The number of benzene rings is 2. The lowest BCUT2D eigenvalue weighted by atomic mass is 9.70. The molecule has 3 saturated heterocycles. The van der Waals surface area contributed by atoms with Gasteiger partial charge in [0.25, 0.3) is 0 Å². The van der Waals surface area contributed by atoms with E-state index in [1.54, 1.807) is 0 Å². The second-order valence-electron chi connectivity index (χ2n) is 10.1. The van der Waals surface area contributed by atoms with E-state index in [2.05, 4.69) is 10.6 Å². The van der Waals surface area contributed by atoms with Gasteiger partial charge in [0.1, 0.15) is 11.6 Å². The fourth-order valence-electron chi connectivity index (χ4n) is 6.34. The van der Waals surface area contributed by atoms with Crippen LogP contribution < -0.4 is 10.6 Å². The lowest BCUT2D eigenvalue weighted by molar-refractivity contribution is -0.141. The number of nitrogens with zero attached hydrogens (tertiary/aromatic N) is 1. The average molecular weight is 492 g/mol. The van der Waals surface area contributed by atoms with Gasteiger partial charge in [-0.25, -0.2) is 0 Å². The Morgan fingerprint density at radius 3 is 2.50 bits per heavy atom. The van der Waals surface area contributed by atoms with Crippen molar-refractivity contribution >= 4 is 23.4 Å². The Morgan fingerprint density at radius 2 is 1.81 bits per heavy atom. The topological polar surface area (TPSA) is 108 Å². The molecule has 2 aromatic carbocycles. The van der Waals surface area contributed by atoms with E-state index < -0.39 is 29.6 Å². The Morgan fingerprint density at radius 1 is 1.08 bits per heavy atom. The standard InChI is InChI=1S/C28H33N3O5/c1-17-8-6-9-18(2)23(17)30-26(34)24-28-13-12-20(36-28)21(22(28)27(35)31(24)14-7-15-32)25(33)29-16-19-10-4-3-5-11-19/h3-6,8-11,20-22,24,32H,7,12-16H2,1-2H3,(H,29,33)(H,30,34)/t20-,21+,22-,24?,28?/m0/s1. The number of para-hydroxylation sites is 1. The van der Waals surface area contributed by atoms with Gasteiger partial charge in [0.15, 0.2) is 0 Å². The van der Waals surface area contributed by atoms with E-state index in [4.69, 9.17) is 4.74 Å². The largest absolute Gasteiger partial charge is 0.396 e. The van der Waals surface area contributed by atoms with E-state index in [0.29, 0.717) is 25.8 Å². The predicted molar refractivity (Wildman–Crippen MR) is 134 cm³/mol. The van der Waals surface area contributed by atoms with Gasteiger partial charge in [-0.1, -0.05) is 48.5 Å². The number of likely N-dealkylation sites (tertiary alicyclic amines) is 1. The first-order valence-corrected chi connectivity index (χ1v) is 12.7. The Bertz CT molecular complexity index is 1150. The van der Waals surface area contributed by atoms with Gasteiger partial charge in [0, 0.05) is 25.4 Å². The van der Waals surface area contributed by atoms with Gasteiger partial charge in [-0.3, -0.25) is 14.4 Å². The van der Waals surface area contributed by atoms with Crippen LogP contribution in [0.15, 0.2) is 48.5 Å². The first-order chi connectivity index (χ1) is 17.4. The predicted octanol–water partition coefficient (Wildman–Crippen LogP) is 2.32. The highest BCUT2D eigenvalue weighted by Gasteiger charge is 2.74. The number of carbonyl (C=O) groups is 3. The number of hydrogen-bond acceptors (Lipinski definition) is 5. The molecular weight excluding hydrogens is 458 g/mol. The van der Waals surface area contributed by atoms with Crippen molar-refractivity contribution in [2.24, 2.45) is 11.8 Å². The van der Waals surface area contributed by atoms with Crippen molar-refractivity contribution in [1.82, 2.24) is 10.2 Å². The molecule has 190 valence electrons. The van der Waals surface area contributed by atoms with Crippen LogP contribution in [0.1, 0.15) is 36.0 Å². The van der Waals surface area contributed by atoms with Gasteiger partial charge in [0.2, 0.25) is 17.7 Å². The third-order valence-corrected chi connectivity index (χ3v) is 7.95. The van der Waals surface area contributed by atoms with Crippen LogP contribution >= 0.6 is 0 Å². The Kier molecular flexibility index (Phi) is 6.57. The first kappa shape index (κ1) is 24.5. The van der Waals surface area contributed by atoms with E-state index in [1.165, 1.54) is 4.90 Å². The van der Waals surface area contributed by atoms with Crippen molar-refractivity contribution in [3.05, 3.63) is 65.2 Å². The summed E-state index contributed by atoms with van der Waals surface area (Å²) in [5.74, 6) is -2.15. The lowest BCUT2D eigenvalue weighted by Gasteiger charge is -2.33. The Balaban J connectivity index is 1.43. The molecule has 3 heterocycles. The molecule has 3 aliphatic rings. The SMILES string of the molecule is Cc1cccc(C)c1NC(=O)C1N(CCCO)C(=O)[C@@H]2[C@H](C(=O)NCc3ccccc3)[C@@H]3CCC12O3. The summed E-state index contributed by atoms with van der Waals surface area (Å²) < 4.78 is 6.44. The summed E-state index contributed by atoms with van der Waals surface area (Å²) in [4.78, 5) is 42.5. The van der Waals surface area contributed by atoms with Crippen molar-refractivity contribution < 1.29 is 24.2 Å². The van der Waals surface area contributed by atoms with Crippen LogP contribution in [-0.4, -0.2) is 58.6 Å². The molecular formula is C28H33N3O5. The van der Waals surface area contributed by atoms with Crippen molar-refractivity contribution in [3.63, 3.8) is 0 Å². The summed E-state index contributed by atoms with van der Waals surface area (Å²) in [6, 6.07) is 14.5. The number of aliphatic hydroxyl groups is 1. The number of aryl methyl sites for hydroxylation is 2. The van der Waals surface area contributed by atoms with Crippen molar-refractivity contribution in [3.8, 4) is 0 Å². The number of rotatable bonds is 8. The molecule has 5 atom stereocenters. The highest BCUT2D eigenvalue weighted by Crippen LogP contribution is 2.58. The molecule has 1 spiro atoms. The molecule has 3 fully saturated rings. The quantitative estimate of drug-likeness (QED) is 0.525. The minimum absolute atomic E-state index is 0.100. The highest BCUT2D eigenvalue weighted by atomic mass is 16.5. The Labute approximate surface area is 211 Å². The fourth-order valence-corrected chi connectivity index (χ4v) is 6.34. The summed E-state index contributed by atoms with van der Waals surface area (Å²) in [5.41, 5.74) is 2.50. The minimum Gasteiger partial charge on any atom is -0.396 e. The summed E-state index contributed by atoms with van der Waals surface area (Å²) >= 11 is 0. The number of amides is 3. The van der Waals surface area contributed by atoms with Crippen molar-refractivity contribution in [1.29, 1.82) is 0 Å². The zero-order valence-electron chi connectivity index (χ0n) is 20.7. The smallest absolute Gasteiger partial charge is 0.250 e. The molecule has 2 bridgehead atoms. The number of carbonyl (C=O) groups excluding carboxylic acids is 3. The summed E-state index contributed by atoms with van der Waals surface area (Å²) in [5, 5.41) is 15.5. The van der Waals surface area contributed by atoms with Gasteiger partial charge in [-0.2, -0.15) is 0 Å². The Hall–Kier alpha value is -3.23. The maximum absolute atomic E-state index is 13.8. The van der Waals surface area contributed by atoms with Gasteiger partial charge < -0.3 is 25.4 Å². The zero-order chi connectivity index (χ0) is 25.4. The van der Waals surface area contributed by atoms with Crippen LogP contribution in [0.2, 0.25) is 0 Å². The minimum atomic E-state index is -1.05. The third-order valence-electron chi connectivity index (χ3n) is 7.95. The highest BCUT2D eigenvalue weighted by molar-refractivity contribution is 6.04. The molecule has 3 amide bonds.